The van der Waals surface area contributed by atoms with E-state index in [0.29, 0.717) is 44.0 Å². The molecule has 1 N–H and O–H groups in total. The molecule has 0 amide bonds. The molecule has 1 fully saturated rings. The number of nitriles is 1. The number of aliphatic hydroxyl groups is 1. The number of hydrogen-bond donors (Lipinski definition) is 1. The van der Waals surface area contributed by atoms with Gasteiger partial charge in [0, 0.05) is 12.1 Å². The number of hydrogen-bond acceptors (Lipinski definition) is 7. The van der Waals surface area contributed by atoms with Gasteiger partial charge in [0.25, 0.3) is 8.53 Å². The van der Waals surface area contributed by atoms with Crippen molar-refractivity contribution in [1.29, 1.82) is 6.69 Å². The summed E-state index contributed by atoms with van der Waals surface area (Å²) in [5, 5.41) is 13.1. The maximum Gasteiger partial charge on any atom is 0.259 e. The Morgan fingerprint density at radius 2 is 1.68 bits per heavy atom. The van der Waals surface area contributed by atoms with Crippen LogP contribution in [0.1, 0.15) is 54.9 Å². The molecule has 164 valence electrons. The van der Waals surface area contributed by atoms with Crippen LogP contribution in [-0.2, 0) is 18.5 Å². The highest BCUT2D eigenvalue weighted by molar-refractivity contribution is 7.44. The second kappa shape index (κ2) is 13.1. The maximum atomic E-state index is 8.85. The fourth-order valence-corrected chi connectivity index (χ4v) is 5.24. The lowest BCUT2D eigenvalue weighted by Gasteiger charge is -2.44. The number of nitrogens with zero attached hydrogens (tertiary/aromatic N) is 2. The molecule has 28 heavy (non-hydrogen) atoms. The van der Waals surface area contributed by atoms with E-state index < -0.39 is 8.53 Å². The molecule has 6 atom stereocenters. The summed E-state index contributed by atoms with van der Waals surface area (Å²) in [7, 11) is -1.29. The minimum absolute atomic E-state index is 0.0621. The first-order valence-electron chi connectivity index (χ1n) is 10.7. The van der Waals surface area contributed by atoms with E-state index in [9.17, 15) is 0 Å². The summed E-state index contributed by atoms with van der Waals surface area (Å²) in [6.45, 7) is 16.2. The van der Waals surface area contributed by atoms with Crippen LogP contribution >= 0.6 is 8.53 Å². The monoisotopic (exact) mass is 420 g/mol. The molecule has 0 aromatic heterocycles. The van der Waals surface area contributed by atoms with Crippen molar-refractivity contribution in [3.8, 4) is 6.07 Å². The van der Waals surface area contributed by atoms with Crippen molar-refractivity contribution >= 4 is 8.53 Å². The first kappa shape index (κ1) is 24.0. The zero-order valence-corrected chi connectivity index (χ0v) is 19.4. The Hall–Kier alpha value is -0.320. The molecule has 1 aliphatic rings. The van der Waals surface area contributed by atoms with Crippen molar-refractivity contribution in [3.63, 3.8) is 0 Å². The molecule has 0 aromatic rings. The Balaban J connectivity index is 2.79. The average Bonchev–Trinajstić information content (AvgIpc) is 2.66. The van der Waals surface area contributed by atoms with Crippen LogP contribution in [-0.4, -0.2) is 62.1 Å². The molecular weight excluding hydrogens is 379 g/mol. The molecule has 7 nitrogen and oxygen atoms in total. The Morgan fingerprint density at radius 1 is 1.07 bits per heavy atom. The van der Waals surface area contributed by atoms with E-state index in [0.717, 1.165) is 0 Å². The lowest BCUT2D eigenvalue weighted by atomic mass is 9.77. The van der Waals surface area contributed by atoms with Gasteiger partial charge in [-0.15, -0.1) is 0 Å². The van der Waals surface area contributed by atoms with E-state index in [2.05, 4.69) is 64.3 Å². The third-order valence-corrected chi connectivity index (χ3v) is 7.63. The predicted octanol–water partition coefficient (Wildman–Crippen LogP) is 3.92. The van der Waals surface area contributed by atoms with Gasteiger partial charge >= 0.3 is 0 Å². The fraction of sp³-hybridized carbons (Fsp3) is 0.950. The summed E-state index contributed by atoms with van der Waals surface area (Å²) < 4.78 is 32.9. The highest BCUT2D eigenvalue weighted by Crippen LogP contribution is 2.47. The predicted molar refractivity (Wildman–Crippen MR) is 110 cm³/mol. The average molecular weight is 421 g/mol. The van der Waals surface area contributed by atoms with Crippen molar-refractivity contribution < 1.29 is 23.6 Å². The van der Waals surface area contributed by atoms with Gasteiger partial charge in [-0.1, -0.05) is 20.8 Å². The van der Waals surface area contributed by atoms with Crippen molar-refractivity contribution in [3.05, 3.63) is 0 Å². The number of ether oxygens (including phenoxy) is 2. The lowest BCUT2D eigenvalue weighted by Crippen LogP contribution is -2.48. The van der Waals surface area contributed by atoms with Gasteiger partial charge < -0.3 is 23.6 Å². The summed E-state index contributed by atoms with van der Waals surface area (Å²) in [6.07, 6.45) is 0.202. The van der Waals surface area contributed by atoms with Gasteiger partial charge in [-0.25, -0.2) is 4.67 Å². The number of rotatable bonds is 13. The molecule has 0 radical (unpaired) electrons. The summed E-state index contributed by atoms with van der Waals surface area (Å²) in [5.74, 6) is 1.11. The van der Waals surface area contributed by atoms with Gasteiger partial charge in [0.1, 0.15) is 6.79 Å². The SMILES string of the molecule is [3H]OCOC[C@H]1O[C@@H](COP(OCCC#N)N(C(C)C)C(C)C)[C@H](C)[C@@H](C)[C@@H]1C. The summed E-state index contributed by atoms with van der Waals surface area (Å²) >= 11 is 0. The smallest absolute Gasteiger partial charge is 0.259 e. The van der Waals surface area contributed by atoms with Crippen LogP contribution in [0.3, 0.4) is 0 Å². The van der Waals surface area contributed by atoms with Crippen LogP contribution < -0.4 is 0 Å². The van der Waals surface area contributed by atoms with Gasteiger partial charge in [0.05, 0.1) is 44.5 Å². The van der Waals surface area contributed by atoms with Crippen LogP contribution in [0.5, 0.6) is 0 Å². The van der Waals surface area contributed by atoms with Crippen molar-refractivity contribution in [2.45, 2.75) is 79.2 Å². The Kier molecular flexibility index (Phi) is 11.2. The molecule has 1 saturated heterocycles. The number of aliphatic hydroxyl groups excluding tert-OH is 1. The van der Waals surface area contributed by atoms with Gasteiger partial charge in [-0.2, -0.15) is 5.26 Å². The van der Waals surface area contributed by atoms with Gasteiger partial charge in [-0.05, 0) is 45.4 Å². The molecule has 1 rings (SSSR count). The quantitative estimate of drug-likeness (QED) is 0.275. The fourth-order valence-electron chi connectivity index (χ4n) is 3.63. The second-order valence-corrected chi connectivity index (χ2v) is 9.58. The highest BCUT2D eigenvalue weighted by atomic mass is 31.2. The summed E-state index contributed by atoms with van der Waals surface area (Å²) in [4.78, 5) is 0. The molecule has 0 bridgehead atoms. The van der Waals surface area contributed by atoms with E-state index in [4.69, 9.17) is 25.2 Å². The third-order valence-electron chi connectivity index (χ3n) is 5.56. The minimum Gasteiger partial charge on any atom is -0.371 e. The Labute approximate surface area is 173 Å². The van der Waals surface area contributed by atoms with E-state index in [-0.39, 0.29) is 31.1 Å². The zero-order chi connectivity index (χ0) is 22.0. The Bertz CT molecular complexity index is 486. The van der Waals surface area contributed by atoms with E-state index in [1.165, 1.54) is 0 Å². The molecule has 0 aromatic carbocycles. The van der Waals surface area contributed by atoms with Gasteiger partial charge in [-0.3, -0.25) is 0 Å². The molecular formula is C20H39N2O5P. The largest absolute Gasteiger partial charge is 0.371 e. The standard InChI is InChI=1S/C20H39N2O5P/c1-14(2)22(15(3)4)28(25-10-8-9-21)26-12-20-18(7)16(5)17(6)19(27-20)11-24-13-23/h14-20,23H,8,10-13H2,1-7H3/t16-,17-,18+,19+,20-,28?/m0/s1/i23T. The van der Waals surface area contributed by atoms with Crippen LogP contribution in [0.4, 0.5) is 0 Å². The van der Waals surface area contributed by atoms with Gasteiger partial charge in [0.15, 0.2) is 0 Å². The zero-order valence-electron chi connectivity index (χ0n) is 19.5. The molecule has 0 spiro atoms. The third kappa shape index (κ3) is 7.50. The first-order chi connectivity index (χ1) is 13.7. The molecule has 1 aliphatic heterocycles. The second-order valence-electron chi connectivity index (χ2n) is 8.12. The van der Waals surface area contributed by atoms with Crippen LogP contribution in [0, 0.1) is 29.1 Å². The molecule has 8 heteroatoms. The topological polar surface area (TPSA) is 84.2 Å². The van der Waals surface area contributed by atoms with Crippen molar-refractivity contribution in [2.24, 2.45) is 17.8 Å². The first-order valence-corrected chi connectivity index (χ1v) is 11.4. The normalized spacial score (nSPS) is 29.9. The molecule has 1 heterocycles. The van der Waals surface area contributed by atoms with E-state index >= 15 is 0 Å². The minimum atomic E-state index is -1.29. The van der Waals surface area contributed by atoms with E-state index in [1.54, 1.807) is 0 Å². The van der Waals surface area contributed by atoms with Crippen molar-refractivity contribution in [1.82, 2.24) is 4.67 Å². The van der Waals surface area contributed by atoms with Crippen LogP contribution in [0.15, 0.2) is 0 Å². The Morgan fingerprint density at radius 3 is 2.21 bits per heavy atom. The van der Waals surface area contributed by atoms with E-state index in [1.807, 2.05) is 0 Å². The molecule has 0 aliphatic carbocycles. The summed E-state index contributed by atoms with van der Waals surface area (Å²) in [5.41, 5.74) is 0. The van der Waals surface area contributed by atoms with Crippen molar-refractivity contribution in [2.75, 3.05) is 26.6 Å². The highest BCUT2D eigenvalue weighted by Gasteiger charge is 2.40. The van der Waals surface area contributed by atoms with Crippen LogP contribution in [0.2, 0.25) is 0 Å². The lowest BCUT2D eigenvalue weighted by molar-refractivity contribution is -0.174. The van der Waals surface area contributed by atoms with Crippen LogP contribution in [0.25, 0.3) is 0 Å². The molecule has 1 unspecified atom stereocenters. The van der Waals surface area contributed by atoms with Gasteiger partial charge in [0.2, 0.25) is 1.43 Å². The molecule has 0 saturated carbocycles. The maximum absolute atomic E-state index is 8.85. The summed E-state index contributed by atoms with van der Waals surface area (Å²) in [6, 6.07) is 2.65.